The van der Waals surface area contributed by atoms with Crippen LogP contribution in [0.3, 0.4) is 0 Å². The zero-order valence-corrected chi connectivity index (χ0v) is 13.6. The molecule has 0 unspecified atom stereocenters. The van der Waals surface area contributed by atoms with Crippen LogP contribution in [0.25, 0.3) is 0 Å². The second kappa shape index (κ2) is 5.19. The van der Waals surface area contributed by atoms with Gasteiger partial charge in [-0.05, 0) is 49.2 Å². The summed E-state index contributed by atoms with van der Waals surface area (Å²) in [6.45, 7) is 4.32. The molecular formula is C18H21N3O2. The van der Waals surface area contributed by atoms with Crippen molar-refractivity contribution < 1.29 is 9.53 Å². The highest BCUT2D eigenvalue weighted by Gasteiger charge is 2.44. The Balaban J connectivity index is 2.00. The Morgan fingerprint density at radius 3 is 2.30 bits per heavy atom. The summed E-state index contributed by atoms with van der Waals surface area (Å²) in [6.07, 6.45) is 0. The summed E-state index contributed by atoms with van der Waals surface area (Å²) in [5.41, 5.74) is 15.0. The summed E-state index contributed by atoms with van der Waals surface area (Å²) in [5.74, 6) is 0.840. The molecule has 4 N–H and O–H groups in total. The summed E-state index contributed by atoms with van der Waals surface area (Å²) in [6, 6.07) is 11.3. The van der Waals surface area contributed by atoms with Gasteiger partial charge in [0.1, 0.15) is 5.75 Å². The molecule has 0 aliphatic carbocycles. The Morgan fingerprint density at radius 2 is 1.70 bits per heavy atom. The molecule has 0 aromatic heterocycles. The molecule has 5 heteroatoms. The number of benzene rings is 2. The number of nitrogens with two attached hydrogens (primary N) is 2. The predicted octanol–water partition coefficient (Wildman–Crippen LogP) is 2.68. The fourth-order valence-electron chi connectivity index (χ4n) is 2.98. The van der Waals surface area contributed by atoms with Crippen molar-refractivity contribution in [3.8, 4) is 5.75 Å². The summed E-state index contributed by atoms with van der Waals surface area (Å²) >= 11 is 0. The maximum Gasteiger partial charge on any atom is 0.237 e. The lowest BCUT2D eigenvalue weighted by molar-refractivity contribution is -0.122. The van der Waals surface area contributed by atoms with E-state index in [1.54, 1.807) is 18.1 Å². The molecule has 1 aliphatic heterocycles. The second-order valence-corrected chi connectivity index (χ2v) is 6.36. The molecule has 1 amide bonds. The molecule has 0 radical (unpaired) electrons. The van der Waals surface area contributed by atoms with Gasteiger partial charge in [0.2, 0.25) is 5.91 Å². The lowest BCUT2D eigenvalue weighted by Crippen LogP contribution is -2.35. The third kappa shape index (κ3) is 2.38. The molecule has 0 atom stereocenters. The maximum absolute atomic E-state index is 12.9. The fourth-order valence-corrected chi connectivity index (χ4v) is 2.98. The quantitative estimate of drug-likeness (QED) is 0.854. The molecule has 0 bridgehead atoms. The predicted molar refractivity (Wildman–Crippen MR) is 92.5 cm³/mol. The number of hydrogen-bond acceptors (Lipinski definition) is 4. The normalized spacial score (nSPS) is 15.6. The van der Waals surface area contributed by atoms with Gasteiger partial charge in [-0.25, -0.2) is 0 Å². The number of ether oxygens (including phenoxy) is 1. The number of nitrogen functional groups attached to an aromatic ring is 2. The number of fused-ring (bicyclic) bond motifs is 1. The maximum atomic E-state index is 12.9. The second-order valence-electron chi connectivity index (χ2n) is 6.36. The van der Waals surface area contributed by atoms with Crippen LogP contribution in [-0.2, 0) is 16.8 Å². The van der Waals surface area contributed by atoms with Gasteiger partial charge < -0.3 is 21.1 Å². The number of methoxy groups -OCH3 is 1. The van der Waals surface area contributed by atoms with Crippen molar-refractivity contribution in [3.05, 3.63) is 47.5 Å². The van der Waals surface area contributed by atoms with Crippen molar-refractivity contribution in [2.75, 3.05) is 23.5 Å². The van der Waals surface area contributed by atoms with Gasteiger partial charge in [-0.1, -0.05) is 12.1 Å². The van der Waals surface area contributed by atoms with E-state index in [-0.39, 0.29) is 5.91 Å². The highest BCUT2D eigenvalue weighted by Crippen LogP contribution is 2.44. The molecule has 2 aromatic carbocycles. The van der Waals surface area contributed by atoms with Gasteiger partial charge >= 0.3 is 0 Å². The van der Waals surface area contributed by atoms with E-state index >= 15 is 0 Å². The molecule has 1 aliphatic rings. The van der Waals surface area contributed by atoms with Crippen LogP contribution in [0.1, 0.15) is 25.0 Å². The zero-order chi connectivity index (χ0) is 16.8. The Labute approximate surface area is 135 Å². The number of hydrogen-bond donors (Lipinski definition) is 2. The van der Waals surface area contributed by atoms with Crippen LogP contribution < -0.4 is 21.1 Å². The number of anilines is 3. The van der Waals surface area contributed by atoms with Gasteiger partial charge in [-0.15, -0.1) is 0 Å². The first kappa shape index (κ1) is 15.2. The molecule has 3 rings (SSSR count). The van der Waals surface area contributed by atoms with Crippen LogP contribution in [0.4, 0.5) is 17.1 Å². The van der Waals surface area contributed by atoms with Crippen LogP contribution >= 0.6 is 0 Å². The number of amides is 1. The van der Waals surface area contributed by atoms with E-state index in [0.717, 1.165) is 22.6 Å². The first-order valence-corrected chi connectivity index (χ1v) is 7.49. The highest BCUT2D eigenvalue weighted by molar-refractivity contribution is 6.08. The molecule has 0 spiro atoms. The third-order valence-electron chi connectivity index (χ3n) is 4.45. The van der Waals surface area contributed by atoms with Crippen LogP contribution in [0.2, 0.25) is 0 Å². The molecule has 0 fully saturated rings. The third-order valence-corrected chi connectivity index (χ3v) is 4.45. The van der Waals surface area contributed by atoms with Crippen molar-refractivity contribution in [1.82, 2.24) is 0 Å². The van der Waals surface area contributed by atoms with Crippen LogP contribution in [0, 0.1) is 0 Å². The van der Waals surface area contributed by atoms with E-state index in [1.807, 2.05) is 44.2 Å². The molecule has 23 heavy (non-hydrogen) atoms. The Kier molecular flexibility index (Phi) is 3.43. The van der Waals surface area contributed by atoms with Gasteiger partial charge in [0.25, 0.3) is 0 Å². The van der Waals surface area contributed by atoms with Crippen molar-refractivity contribution in [1.29, 1.82) is 0 Å². The van der Waals surface area contributed by atoms with Crippen molar-refractivity contribution in [3.63, 3.8) is 0 Å². The largest absolute Gasteiger partial charge is 0.497 e. The van der Waals surface area contributed by atoms with E-state index < -0.39 is 5.41 Å². The van der Waals surface area contributed by atoms with Gasteiger partial charge in [0.05, 0.1) is 36.1 Å². The molecule has 0 saturated heterocycles. The van der Waals surface area contributed by atoms with Crippen LogP contribution in [0.5, 0.6) is 5.75 Å². The summed E-state index contributed by atoms with van der Waals surface area (Å²) < 4.78 is 5.17. The average molecular weight is 311 g/mol. The SMILES string of the molecule is COc1ccc(CN2C(=O)C(C)(C)c3cc(N)c(N)cc32)cc1. The average Bonchev–Trinajstić information content (AvgIpc) is 2.70. The molecular weight excluding hydrogens is 290 g/mol. The van der Waals surface area contributed by atoms with Gasteiger partial charge in [0, 0.05) is 0 Å². The molecule has 5 nitrogen and oxygen atoms in total. The first-order chi connectivity index (χ1) is 10.8. The first-order valence-electron chi connectivity index (χ1n) is 7.49. The molecule has 0 saturated carbocycles. The number of carbonyl (C=O) groups excluding carboxylic acids is 1. The number of nitrogens with zero attached hydrogens (tertiary/aromatic N) is 1. The van der Waals surface area contributed by atoms with E-state index in [2.05, 4.69) is 0 Å². The van der Waals surface area contributed by atoms with Crippen molar-refractivity contribution in [2.24, 2.45) is 0 Å². The number of carbonyl (C=O) groups is 1. The van der Waals surface area contributed by atoms with Gasteiger partial charge in [-0.3, -0.25) is 4.79 Å². The van der Waals surface area contributed by atoms with Crippen LogP contribution in [0.15, 0.2) is 36.4 Å². The smallest absolute Gasteiger partial charge is 0.237 e. The van der Waals surface area contributed by atoms with E-state index in [4.69, 9.17) is 16.2 Å². The minimum Gasteiger partial charge on any atom is -0.497 e. The van der Waals surface area contributed by atoms with Crippen molar-refractivity contribution in [2.45, 2.75) is 25.8 Å². The molecule has 120 valence electrons. The Morgan fingerprint density at radius 1 is 1.09 bits per heavy atom. The summed E-state index contributed by atoms with van der Waals surface area (Å²) in [4.78, 5) is 14.6. The van der Waals surface area contributed by atoms with Gasteiger partial charge in [0.15, 0.2) is 0 Å². The minimum absolute atomic E-state index is 0.0494. The lowest BCUT2D eigenvalue weighted by atomic mass is 9.86. The topological polar surface area (TPSA) is 81.6 Å². The highest BCUT2D eigenvalue weighted by atomic mass is 16.5. The van der Waals surface area contributed by atoms with E-state index in [9.17, 15) is 4.79 Å². The minimum atomic E-state index is -0.608. The van der Waals surface area contributed by atoms with E-state index in [0.29, 0.717) is 17.9 Å². The van der Waals surface area contributed by atoms with Crippen molar-refractivity contribution >= 4 is 23.0 Å². The van der Waals surface area contributed by atoms with E-state index in [1.165, 1.54) is 0 Å². The standard InChI is InChI=1S/C18H21N3O2/c1-18(2)13-8-14(19)15(20)9-16(13)21(17(18)22)10-11-4-6-12(23-3)7-5-11/h4-9H,10,19-20H2,1-3H3. The Hall–Kier alpha value is -2.69. The fraction of sp³-hybridized carbons (Fsp3) is 0.278. The van der Waals surface area contributed by atoms with Gasteiger partial charge in [-0.2, -0.15) is 0 Å². The summed E-state index contributed by atoms with van der Waals surface area (Å²) in [7, 11) is 1.63. The van der Waals surface area contributed by atoms with Crippen LogP contribution in [-0.4, -0.2) is 13.0 Å². The molecule has 2 aromatic rings. The lowest BCUT2D eigenvalue weighted by Gasteiger charge is -2.20. The number of rotatable bonds is 3. The Bertz CT molecular complexity index is 767. The zero-order valence-electron chi connectivity index (χ0n) is 13.6. The summed E-state index contributed by atoms with van der Waals surface area (Å²) in [5, 5.41) is 0. The monoisotopic (exact) mass is 311 g/mol. The molecule has 1 heterocycles.